The molecule has 450 valence electrons. The third kappa shape index (κ3) is 47.6. The number of ether oxygens (including phenoxy) is 3. The Hall–Kier alpha value is -1.73. The molecule has 2 saturated heterocycles. The van der Waals surface area contributed by atoms with Crippen molar-refractivity contribution in [3.63, 3.8) is 0 Å². The standard InChI is InChI=1S/C65H122N4O6S2/c1-3-5-7-9-11-13-15-17-19-21-23-25-27-29-35-45-63(70)73-58-43-41-51-69(52-42-44-59-74-64(71)46-36-30-28-26-24-22-20-18-16-14-12-10-8-6-4-2)65(72)75-60-62-77-76-61-57-68(55-53-66-47-37-31-32-38-48-66)56-54-67-49-39-33-34-40-50-67/h17-20H,3-16,21-62H2,1-2H3/b19-17-,20-18-. The number of amides is 1. The zero-order chi connectivity index (χ0) is 55.0. The second-order valence-corrected chi connectivity index (χ2v) is 25.3. The molecule has 0 N–H and O–H groups in total. The number of rotatable bonds is 53. The Labute approximate surface area is 483 Å². The van der Waals surface area contributed by atoms with Gasteiger partial charge in [0.1, 0.15) is 6.61 Å². The van der Waals surface area contributed by atoms with E-state index in [-0.39, 0.29) is 18.0 Å². The van der Waals surface area contributed by atoms with E-state index in [0.29, 0.717) is 58.6 Å². The number of allylic oxidation sites excluding steroid dienone is 4. The van der Waals surface area contributed by atoms with Crippen LogP contribution in [0.2, 0.25) is 0 Å². The fourth-order valence-corrected chi connectivity index (χ4v) is 12.3. The van der Waals surface area contributed by atoms with Gasteiger partial charge in [0.05, 0.1) is 13.2 Å². The molecule has 0 unspecified atom stereocenters. The van der Waals surface area contributed by atoms with Gasteiger partial charge in [0.25, 0.3) is 0 Å². The summed E-state index contributed by atoms with van der Waals surface area (Å²) >= 11 is 0. The molecule has 0 aromatic heterocycles. The van der Waals surface area contributed by atoms with Crippen LogP contribution in [0.5, 0.6) is 0 Å². The summed E-state index contributed by atoms with van der Waals surface area (Å²) in [6.07, 6.45) is 56.0. The van der Waals surface area contributed by atoms with Gasteiger partial charge in [0, 0.05) is 70.2 Å². The Morgan fingerprint density at radius 3 is 1.18 bits per heavy atom. The van der Waals surface area contributed by atoms with E-state index in [4.69, 9.17) is 14.2 Å². The van der Waals surface area contributed by atoms with Crippen LogP contribution >= 0.6 is 21.6 Å². The first-order chi connectivity index (χ1) is 38.0. The maximum Gasteiger partial charge on any atom is 0.409 e. The molecular formula is C65H122N4O6S2. The van der Waals surface area contributed by atoms with Crippen LogP contribution in [0.1, 0.15) is 271 Å². The molecule has 0 aromatic rings. The van der Waals surface area contributed by atoms with Gasteiger partial charge in [0.15, 0.2) is 0 Å². The van der Waals surface area contributed by atoms with Crippen molar-refractivity contribution < 1.29 is 28.6 Å². The molecular weight excluding hydrogens is 997 g/mol. The molecule has 0 aliphatic carbocycles. The van der Waals surface area contributed by atoms with Gasteiger partial charge in [-0.1, -0.05) is 188 Å². The van der Waals surface area contributed by atoms with Crippen molar-refractivity contribution in [2.45, 2.75) is 271 Å². The highest BCUT2D eigenvalue weighted by atomic mass is 33.1. The fourth-order valence-electron chi connectivity index (χ4n) is 10.5. The van der Waals surface area contributed by atoms with E-state index in [9.17, 15) is 14.4 Å². The van der Waals surface area contributed by atoms with Gasteiger partial charge in [-0.3, -0.25) is 14.5 Å². The van der Waals surface area contributed by atoms with Crippen molar-refractivity contribution in [2.24, 2.45) is 0 Å². The molecule has 0 atom stereocenters. The topological polar surface area (TPSA) is 91.9 Å². The summed E-state index contributed by atoms with van der Waals surface area (Å²) < 4.78 is 17.0. The van der Waals surface area contributed by atoms with Crippen molar-refractivity contribution >= 4 is 39.6 Å². The van der Waals surface area contributed by atoms with Crippen molar-refractivity contribution in [3.8, 4) is 0 Å². The number of carbonyl (C=O) groups is 3. The van der Waals surface area contributed by atoms with E-state index in [1.54, 1.807) is 15.7 Å². The maximum atomic E-state index is 13.4. The van der Waals surface area contributed by atoms with Gasteiger partial charge in [-0.05, 0) is 142 Å². The molecule has 2 fully saturated rings. The lowest BCUT2D eigenvalue weighted by atomic mass is 10.1. The van der Waals surface area contributed by atoms with E-state index in [1.807, 2.05) is 10.8 Å². The molecule has 77 heavy (non-hydrogen) atoms. The Morgan fingerprint density at radius 1 is 0.390 bits per heavy atom. The molecule has 0 bridgehead atoms. The number of hydrogen-bond acceptors (Lipinski definition) is 11. The predicted octanol–water partition coefficient (Wildman–Crippen LogP) is 17.6. The number of carbonyl (C=O) groups excluding carboxylic acids is 3. The van der Waals surface area contributed by atoms with Crippen molar-refractivity contribution in [1.82, 2.24) is 19.6 Å². The van der Waals surface area contributed by atoms with Gasteiger partial charge >= 0.3 is 18.0 Å². The molecule has 2 heterocycles. The maximum absolute atomic E-state index is 13.4. The Bertz CT molecular complexity index is 1290. The summed E-state index contributed by atoms with van der Waals surface area (Å²) in [5.41, 5.74) is 0. The monoisotopic (exact) mass is 1120 g/mol. The van der Waals surface area contributed by atoms with E-state index >= 15 is 0 Å². The average molecular weight is 1120 g/mol. The molecule has 2 aliphatic heterocycles. The fraction of sp³-hybridized carbons (Fsp3) is 0.892. The number of unbranched alkanes of at least 4 members (excludes halogenated alkanes) is 24. The molecule has 1 amide bonds. The first-order valence-electron chi connectivity index (χ1n) is 33.0. The number of likely N-dealkylation sites (tertiary alicyclic amines) is 2. The number of nitrogens with zero attached hydrogens (tertiary/aromatic N) is 4. The molecule has 2 aliphatic rings. The summed E-state index contributed by atoms with van der Waals surface area (Å²) in [7, 11) is 3.70. The molecule has 0 radical (unpaired) electrons. The molecule has 0 aromatic carbocycles. The molecule has 2 rings (SSSR count). The van der Waals surface area contributed by atoms with E-state index in [2.05, 4.69) is 52.9 Å². The Morgan fingerprint density at radius 2 is 0.766 bits per heavy atom. The zero-order valence-electron chi connectivity index (χ0n) is 50.5. The smallest absolute Gasteiger partial charge is 0.409 e. The highest BCUT2D eigenvalue weighted by Gasteiger charge is 2.17. The predicted molar refractivity (Wildman–Crippen MR) is 333 cm³/mol. The van der Waals surface area contributed by atoms with Crippen LogP contribution in [0, 0.1) is 0 Å². The first-order valence-corrected chi connectivity index (χ1v) is 35.4. The van der Waals surface area contributed by atoms with Crippen LogP contribution in [0.4, 0.5) is 4.79 Å². The zero-order valence-corrected chi connectivity index (χ0v) is 52.1. The van der Waals surface area contributed by atoms with Crippen molar-refractivity contribution in [3.05, 3.63) is 24.3 Å². The second kappa shape index (κ2) is 56.1. The minimum Gasteiger partial charge on any atom is -0.466 e. The van der Waals surface area contributed by atoms with Crippen LogP contribution in [0.15, 0.2) is 24.3 Å². The number of esters is 2. The van der Waals surface area contributed by atoms with E-state index < -0.39 is 0 Å². The Kier molecular flexibility index (Phi) is 52.0. The van der Waals surface area contributed by atoms with Crippen LogP contribution in [-0.2, 0) is 23.8 Å². The summed E-state index contributed by atoms with van der Waals surface area (Å²) in [5.74, 6) is 1.59. The minimum atomic E-state index is -0.286. The van der Waals surface area contributed by atoms with Crippen LogP contribution < -0.4 is 0 Å². The number of hydrogen-bond donors (Lipinski definition) is 0. The van der Waals surface area contributed by atoms with Crippen LogP contribution in [-0.4, -0.2) is 141 Å². The van der Waals surface area contributed by atoms with Gasteiger partial charge in [-0.15, -0.1) is 0 Å². The van der Waals surface area contributed by atoms with Gasteiger partial charge in [-0.25, -0.2) is 4.79 Å². The summed E-state index contributed by atoms with van der Waals surface area (Å²) in [4.78, 5) is 48.3. The second-order valence-electron chi connectivity index (χ2n) is 22.6. The first kappa shape index (κ1) is 71.4. The van der Waals surface area contributed by atoms with E-state index in [1.165, 1.54) is 219 Å². The highest BCUT2D eigenvalue weighted by molar-refractivity contribution is 8.76. The van der Waals surface area contributed by atoms with Crippen molar-refractivity contribution in [1.29, 1.82) is 0 Å². The lowest BCUT2D eigenvalue weighted by Gasteiger charge is -2.29. The normalized spacial score (nSPS) is 14.9. The van der Waals surface area contributed by atoms with Crippen LogP contribution in [0.25, 0.3) is 0 Å². The summed E-state index contributed by atoms with van der Waals surface area (Å²) in [6, 6.07) is 0. The van der Waals surface area contributed by atoms with Crippen LogP contribution in [0.3, 0.4) is 0 Å². The lowest BCUT2D eigenvalue weighted by molar-refractivity contribution is -0.144. The van der Waals surface area contributed by atoms with E-state index in [0.717, 1.165) is 82.5 Å². The van der Waals surface area contributed by atoms with Crippen molar-refractivity contribution in [2.75, 3.05) is 103 Å². The Balaban J connectivity index is 1.67. The third-order valence-electron chi connectivity index (χ3n) is 15.5. The third-order valence-corrected chi connectivity index (χ3v) is 17.9. The average Bonchev–Trinajstić information content (AvgIpc) is 3.88. The molecule has 10 nitrogen and oxygen atoms in total. The van der Waals surface area contributed by atoms with Gasteiger partial charge in [0.2, 0.25) is 0 Å². The molecule has 12 heteroatoms. The summed E-state index contributed by atoms with van der Waals surface area (Å²) in [6.45, 7) is 17.5. The molecule has 0 spiro atoms. The minimum absolute atomic E-state index is 0.116. The quantitative estimate of drug-likeness (QED) is 0.0192. The lowest BCUT2D eigenvalue weighted by Crippen LogP contribution is -2.41. The van der Waals surface area contributed by atoms with Gasteiger partial charge < -0.3 is 28.9 Å². The summed E-state index contributed by atoms with van der Waals surface area (Å²) in [5, 5.41) is 0. The SMILES string of the molecule is CCCCCCCC/C=C\CCCCCCCC(=O)OCCCCN(CCCCOC(=O)CCCCCCC/C=C\CCCCCCCC)C(=O)OCCSSCCN(CCN1CCCCCC1)CCN1CCCCCC1. The van der Waals surface area contributed by atoms with Gasteiger partial charge in [-0.2, -0.15) is 0 Å². The highest BCUT2D eigenvalue weighted by Crippen LogP contribution is 2.22. The molecule has 0 saturated carbocycles. The largest absolute Gasteiger partial charge is 0.466 e.